The number of ether oxygens (including phenoxy) is 1. The predicted molar refractivity (Wildman–Crippen MR) is 118 cm³/mol. The third-order valence-corrected chi connectivity index (χ3v) is 7.21. The van der Waals surface area contributed by atoms with Crippen LogP contribution in [0, 0.1) is 19.8 Å². The van der Waals surface area contributed by atoms with Gasteiger partial charge < -0.3 is 9.64 Å². The molecule has 180 valence electrons. The van der Waals surface area contributed by atoms with Crippen molar-refractivity contribution in [1.29, 1.82) is 0 Å². The molecule has 0 unspecified atom stereocenters. The molecule has 0 bridgehead atoms. The van der Waals surface area contributed by atoms with Crippen LogP contribution in [-0.2, 0) is 4.74 Å². The van der Waals surface area contributed by atoms with Gasteiger partial charge in [-0.3, -0.25) is 4.68 Å². The number of alkyl halides is 3. The highest BCUT2D eigenvalue weighted by molar-refractivity contribution is 5.75. The van der Waals surface area contributed by atoms with Crippen LogP contribution in [0.25, 0.3) is 11.2 Å². The third-order valence-electron chi connectivity index (χ3n) is 7.21. The van der Waals surface area contributed by atoms with Gasteiger partial charge >= 0.3 is 6.18 Å². The van der Waals surface area contributed by atoms with Gasteiger partial charge in [-0.2, -0.15) is 23.3 Å². The van der Waals surface area contributed by atoms with Crippen molar-refractivity contribution in [3.63, 3.8) is 0 Å². The van der Waals surface area contributed by atoms with E-state index in [1.165, 1.54) is 0 Å². The van der Waals surface area contributed by atoms with Gasteiger partial charge in [-0.15, -0.1) is 0 Å². The van der Waals surface area contributed by atoms with Crippen LogP contribution in [0.5, 0.6) is 0 Å². The fraction of sp³-hybridized carbons (Fsp3) is 0.609. The van der Waals surface area contributed by atoms with Gasteiger partial charge in [0.1, 0.15) is 11.6 Å². The number of hydrogen-bond donors (Lipinski definition) is 0. The smallest absolute Gasteiger partial charge is 0.370 e. The highest BCUT2D eigenvalue weighted by Gasteiger charge is 2.49. The molecule has 1 aliphatic heterocycles. The summed E-state index contributed by atoms with van der Waals surface area (Å²) in [5.74, 6) is -1.12. The Morgan fingerprint density at radius 1 is 1.03 bits per heavy atom. The predicted octanol–water partition coefficient (Wildman–Crippen LogP) is 4.20. The maximum absolute atomic E-state index is 13.2. The lowest BCUT2D eigenvalue weighted by Crippen LogP contribution is -2.40. The quantitative estimate of drug-likeness (QED) is 0.562. The summed E-state index contributed by atoms with van der Waals surface area (Å²) in [5, 5.41) is 4.47. The van der Waals surface area contributed by atoms with Crippen LogP contribution in [0.2, 0.25) is 0 Å². The first-order chi connectivity index (χ1) is 16.3. The minimum Gasteiger partial charge on any atom is -0.370 e. The molecule has 11 heteroatoms. The molecule has 2 aliphatic carbocycles. The lowest BCUT2D eigenvalue weighted by Gasteiger charge is -2.37. The van der Waals surface area contributed by atoms with E-state index in [1.807, 2.05) is 35.8 Å². The summed E-state index contributed by atoms with van der Waals surface area (Å²) in [4.78, 5) is 20.7. The second kappa shape index (κ2) is 7.86. The molecule has 0 aromatic carbocycles. The van der Waals surface area contributed by atoms with Crippen molar-refractivity contribution in [1.82, 2.24) is 29.7 Å². The lowest BCUT2D eigenvalue weighted by atomic mass is 9.72. The summed E-state index contributed by atoms with van der Waals surface area (Å²) < 4.78 is 47.5. The molecular formula is C23H26F3N7O. The topological polar surface area (TPSA) is 81.9 Å². The maximum Gasteiger partial charge on any atom is 0.391 e. The largest absolute Gasteiger partial charge is 0.391 e. The van der Waals surface area contributed by atoms with E-state index in [4.69, 9.17) is 9.72 Å². The Bertz CT molecular complexity index is 1230. The summed E-state index contributed by atoms with van der Waals surface area (Å²) >= 11 is 0. The van der Waals surface area contributed by atoms with Crippen molar-refractivity contribution in [3.8, 4) is 0 Å². The van der Waals surface area contributed by atoms with Crippen molar-refractivity contribution < 1.29 is 17.9 Å². The molecule has 1 atom stereocenters. The van der Waals surface area contributed by atoms with Gasteiger partial charge in [0.05, 0.1) is 48.4 Å². The van der Waals surface area contributed by atoms with E-state index in [0.717, 1.165) is 29.8 Å². The number of halogens is 3. The Morgan fingerprint density at radius 3 is 2.53 bits per heavy atom. The van der Waals surface area contributed by atoms with Gasteiger partial charge in [0, 0.05) is 24.2 Å². The summed E-state index contributed by atoms with van der Waals surface area (Å²) in [6, 6.07) is 0.494. The summed E-state index contributed by atoms with van der Waals surface area (Å²) in [6.45, 7) is 5.32. The number of nitrogens with zero attached hydrogens (tertiary/aromatic N) is 7. The SMILES string of the molecule is Cc1nc2nc(N3CCO[C@H](c4cnn(C5CC5)c4)C3)nc(C3CC(C(F)(F)F)C3)c2nc1C. The number of rotatable bonds is 4. The number of fused-ring (bicyclic) bond motifs is 1. The normalized spacial score (nSPS) is 25.6. The molecule has 3 aliphatic rings. The first-order valence-electron chi connectivity index (χ1n) is 11.8. The molecule has 34 heavy (non-hydrogen) atoms. The fourth-order valence-corrected chi connectivity index (χ4v) is 4.75. The molecule has 0 N–H and O–H groups in total. The molecule has 0 radical (unpaired) electrons. The Kier molecular flexibility index (Phi) is 5.02. The minimum atomic E-state index is -4.18. The number of aromatic nitrogens is 6. The van der Waals surface area contributed by atoms with Gasteiger partial charge in [-0.1, -0.05) is 0 Å². The number of anilines is 1. The highest BCUT2D eigenvalue weighted by atomic mass is 19.4. The van der Waals surface area contributed by atoms with E-state index in [1.54, 1.807) is 0 Å². The van der Waals surface area contributed by atoms with Gasteiger partial charge in [0.25, 0.3) is 0 Å². The van der Waals surface area contributed by atoms with Crippen molar-refractivity contribution >= 4 is 17.1 Å². The molecule has 6 rings (SSSR count). The van der Waals surface area contributed by atoms with Crippen LogP contribution >= 0.6 is 0 Å². The molecule has 3 aromatic heterocycles. The average molecular weight is 474 g/mol. The van der Waals surface area contributed by atoms with Crippen molar-refractivity contribution in [2.75, 3.05) is 24.6 Å². The van der Waals surface area contributed by atoms with Crippen LogP contribution in [0.15, 0.2) is 12.4 Å². The van der Waals surface area contributed by atoms with Crippen LogP contribution in [-0.4, -0.2) is 55.6 Å². The standard InChI is InChI=1S/C23H26F3N7O/c1-12-13(2)29-21-20(28-12)19(14-7-16(8-14)23(24,25)26)30-22(31-21)32-5-6-34-18(11-32)15-9-27-33(10-15)17-3-4-17/h9-10,14,16-18H,3-8,11H2,1-2H3/t14?,16?,18-/m0/s1. The molecule has 8 nitrogen and oxygen atoms in total. The molecule has 0 amide bonds. The van der Waals surface area contributed by atoms with Crippen LogP contribution in [0.1, 0.15) is 66.4 Å². The average Bonchev–Trinajstić information content (AvgIpc) is 3.49. The highest BCUT2D eigenvalue weighted by Crippen LogP contribution is 2.50. The summed E-state index contributed by atoms with van der Waals surface area (Å²) in [7, 11) is 0. The summed E-state index contributed by atoms with van der Waals surface area (Å²) in [5.41, 5.74) is 4.00. The second-order valence-corrected chi connectivity index (χ2v) is 9.67. The van der Waals surface area contributed by atoms with Gasteiger partial charge in [-0.25, -0.2) is 15.0 Å². The van der Waals surface area contributed by atoms with Crippen LogP contribution in [0.4, 0.5) is 19.1 Å². The van der Waals surface area contributed by atoms with E-state index < -0.39 is 12.1 Å². The van der Waals surface area contributed by atoms with E-state index in [2.05, 4.69) is 20.1 Å². The number of morpholine rings is 1. The molecule has 2 saturated carbocycles. The van der Waals surface area contributed by atoms with Crippen molar-refractivity contribution in [3.05, 3.63) is 35.0 Å². The van der Waals surface area contributed by atoms with Gasteiger partial charge in [0.15, 0.2) is 5.65 Å². The Labute approximate surface area is 194 Å². The zero-order chi connectivity index (χ0) is 23.6. The third kappa shape index (κ3) is 3.89. The Balaban J connectivity index is 1.32. The zero-order valence-electron chi connectivity index (χ0n) is 19.1. The maximum atomic E-state index is 13.2. The molecule has 1 saturated heterocycles. The van der Waals surface area contributed by atoms with Gasteiger partial charge in [-0.05, 0) is 39.5 Å². The summed E-state index contributed by atoms with van der Waals surface area (Å²) in [6.07, 6.45) is 1.90. The van der Waals surface area contributed by atoms with Crippen molar-refractivity contribution in [2.24, 2.45) is 5.92 Å². The molecular weight excluding hydrogens is 447 g/mol. The Morgan fingerprint density at radius 2 is 1.79 bits per heavy atom. The Hall–Kier alpha value is -2.82. The van der Waals surface area contributed by atoms with Crippen LogP contribution in [0.3, 0.4) is 0 Å². The minimum absolute atomic E-state index is 0.0236. The molecule has 3 fully saturated rings. The van der Waals surface area contributed by atoms with Gasteiger partial charge in [0.2, 0.25) is 5.95 Å². The lowest BCUT2D eigenvalue weighted by molar-refractivity contribution is -0.197. The molecule has 4 heterocycles. The van der Waals surface area contributed by atoms with Crippen LogP contribution < -0.4 is 4.90 Å². The molecule has 3 aromatic rings. The van der Waals surface area contributed by atoms with E-state index in [-0.39, 0.29) is 24.9 Å². The van der Waals surface area contributed by atoms with E-state index >= 15 is 0 Å². The van der Waals surface area contributed by atoms with E-state index in [9.17, 15) is 13.2 Å². The van der Waals surface area contributed by atoms with E-state index in [0.29, 0.717) is 48.5 Å². The molecule has 0 spiro atoms. The zero-order valence-corrected chi connectivity index (χ0v) is 19.1. The first kappa shape index (κ1) is 21.7. The number of aryl methyl sites for hydroxylation is 2. The van der Waals surface area contributed by atoms with Crippen molar-refractivity contribution in [2.45, 2.75) is 63.8 Å². The first-order valence-corrected chi connectivity index (χ1v) is 11.8. The monoisotopic (exact) mass is 473 g/mol. The second-order valence-electron chi connectivity index (χ2n) is 9.67. The number of hydrogen-bond acceptors (Lipinski definition) is 7. The fourth-order valence-electron chi connectivity index (χ4n) is 4.75.